The largest absolute Gasteiger partial charge is 0.493 e. The van der Waals surface area contributed by atoms with Gasteiger partial charge in [0.15, 0.2) is 0 Å². The number of esters is 1. The van der Waals surface area contributed by atoms with Crippen molar-refractivity contribution in [1.29, 1.82) is 0 Å². The lowest BCUT2D eigenvalue weighted by molar-refractivity contribution is 0.0734. The van der Waals surface area contributed by atoms with Gasteiger partial charge in [0.1, 0.15) is 17.2 Å². The van der Waals surface area contributed by atoms with Gasteiger partial charge in [0.25, 0.3) is 0 Å². The van der Waals surface area contributed by atoms with Crippen LogP contribution in [0.1, 0.15) is 23.2 Å². The third-order valence-corrected chi connectivity index (χ3v) is 3.83. The molecule has 2 aromatic rings. The molecule has 5 nitrogen and oxygen atoms in total. The minimum absolute atomic E-state index is 0.350. The number of hydrogen-bond acceptors (Lipinski definition) is 5. The highest BCUT2D eigenvalue weighted by atomic mass is 16.6. The topological polar surface area (TPSA) is 57.3 Å². The van der Waals surface area contributed by atoms with Crippen molar-refractivity contribution >= 4 is 5.97 Å². The zero-order valence-electron chi connectivity index (χ0n) is 14.6. The number of epoxide rings is 1. The highest BCUT2D eigenvalue weighted by Crippen LogP contribution is 2.20. The van der Waals surface area contributed by atoms with Gasteiger partial charge in [-0.15, -0.1) is 6.58 Å². The van der Waals surface area contributed by atoms with Crippen LogP contribution in [0.3, 0.4) is 0 Å². The van der Waals surface area contributed by atoms with Crippen LogP contribution < -0.4 is 14.2 Å². The first kappa shape index (κ1) is 18.0. The molecule has 1 heterocycles. The van der Waals surface area contributed by atoms with Crippen molar-refractivity contribution in [3.05, 3.63) is 66.7 Å². The highest BCUT2D eigenvalue weighted by Gasteiger charge is 2.21. The van der Waals surface area contributed by atoms with E-state index in [1.807, 2.05) is 0 Å². The van der Waals surface area contributed by atoms with Gasteiger partial charge in [-0.1, -0.05) is 6.08 Å². The van der Waals surface area contributed by atoms with Gasteiger partial charge < -0.3 is 18.9 Å². The molecule has 1 aliphatic rings. The van der Waals surface area contributed by atoms with Gasteiger partial charge in [0.2, 0.25) is 0 Å². The minimum Gasteiger partial charge on any atom is -0.493 e. The van der Waals surface area contributed by atoms with E-state index in [2.05, 4.69) is 6.58 Å². The van der Waals surface area contributed by atoms with Gasteiger partial charge in [-0.05, 0) is 55.0 Å². The van der Waals surface area contributed by atoms with E-state index in [4.69, 9.17) is 18.9 Å². The molecule has 136 valence electrons. The fourth-order valence-electron chi connectivity index (χ4n) is 2.26. The van der Waals surface area contributed by atoms with E-state index in [9.17, 15) is 4.79 Å². The van der Waals surface area contributed by atoms with Crippen molar-refractivity contribution in [1.82, 2.24) is 0 Å². The second-order valence-corrected chi connectivity index (χ2v) is 5.90. The predicted molar refractivity (Wildman–Crippen MR) is 98.0 cm³/mol. The van der Waals surface area contributed by atoms with Gasteiger partial charge in [0, 0.05) is 6.42 Å². The molecule has 0 aromatic heterocycles. The molecule has 1 saturated heterocycles. The smallest absolute Gasteiger partial charge is 0.343 e. The van der Waals surface area contributed by atoms with Crippen LogP contribution in [0, 0.1) is 0 Å². The summed E-state index contributed by atoms with van der Waals surface area (Å²) in [5.41, 5.74) is 0.467. The molecule has 1 atom stereocenters. The first-order valence-corrected chi connectivity index (χ1v) is 8.65. The average molecular weight is 354 g/mol. The summed E-state index contributed by atoms with van der Waals surface area (Å²) in [7, 11) is 0. The number of carbonyl (C=O) groups is 1. The average Bonchev–Trinajstić information content (AvgIpc) is 3.48. The molecule has 0 spiro atoms. The molecule has 1 aliphatic heterocycles. The van der Waals surface area contributed by atoms with E-state index in [-0.39, 0.29) is 0 Å². The summed E-state index contributed by atoms with van der Waals surface area (Å²) < 4.78 is 21.6. The maximum atomic E-state index is 12.2. The SMILES string of the molecule is C=CCCOc1ccc(OC(=O)c2ccc(OCCC3CO3)cc2)cc1. The van der Waals surface area contributed by atoms with E-state index < -0.39 is 5.97 Å². The Bertz CT molecular complexity index is 717. The number of carbonyl (C=O) groups excluding carboxylic acids is 1. The number of benzene rings is 2. The summed E-state index contributed by atoms with van der Waals surface area (Å²) in [6.07, 6.45) is 3.82. The lowest BCUT2D eigenvalue weighted by atomic mass is 10.2. The van der Waals surface area contributed by atoms with Crippen LogP contribution in [0.4, 0.5) is 0 Å². The van der Waals surface area contributed by atoms with Crippen LogP contribution in [0.15, 0.2) is 61.2 Å². The summed E-state index contributed by atoms with van der Waals surface area (Å²) >= 11 is 0. The molecule has 0 N–H and O–H groups in total. The number of ether oxygens (including phenoxy) is 4. The third kappa shape index (κ3) is 5.63. The van der Waals surface area contributed by atoms with Crippen molar-refractivity contribution in [2.45, 2.75) is 18.9 Å². The van der Waals surface area contributed by atoms with Crippen molar-refractivity contribution in [2.24, 2.45) is 0 Å². The Balaban J connectivity index is 1.48. The molecule has 26 heavy (non-hydrogen) atoms. The second kappa shape index (κ2) is 9.06. The Morgan fingerprint density at radius 1 is 1.00 bits per heavy atom. The molecule has 0 aliphatic carbocycles. The van der Waals surface area contributed by atoms with Gasteiger partial charge >= 0.3 is 5.97 Å². The van der Waals surface area contributed by atoms with Gasteiger partial charge in [0.05, 0.1) is 31.5 Å². The van der Waals surface area contributed by atoms with Crippen molar-refractivity contribution < 1.29 is 23.7 Å². The minimum atomic E-state index is -0.414. The fraction of sp³-hybridized carbons (Fsp3) is 0.286. The lowest BCUT2D eigenvalue weighted by Gasteiger charge is -2.08. The Morgan fingerprint density at radius 2 is 1.58 bits per heavy atom. The zero-order chi connectivity index (χ0) is 18.2. The van der Waals surface area contributed by atoms with Crippen molar-refractivity contribution in [3.63, 3.8) is 0 Å². The van der Waals surface area contributed by atoms with Gasteiger partial charge in [-0.2, -0.15) is 0 Å². The maximum absolute atomic E-state index is 12.2. The summed E-state index contributed by atoms with van der Waals surface area (Å²) in [4.78, 5) is 12.2. The van der Waals surface area contributed by atoms with Crippen LogP contribution in [-0.2, 0) is 4.74 Å². The summed E-state index contributed by atoms with van der Waals surface area (Å²) in [6.45, 7) is 5.66. The van der Waals surface area contributed by atoms with Gasteiger partial charge in [-0.25, -0.2) is 4.79 Å². The fourth-order valence-corrected chi connectivity index (χ4v) is 2.26. The van der Waals surface area contributed by atoms with Gasteiger partial charge in [-0.3, -0.25) is 0 Å². The van der Waals surface area contributed by atoms with Crippen molar-refractivity contribution in [2.75, 3.05) is 19.8 Å². The molecule has 0 amide bonds. The zero-order valence-corrected chi connectivity index (χ0v) is 14.6. The first-order chi connectivity index (χ1) is 12.7. The molecule has 2 aromatic carbocycles. The molecular formula is C21H22O5. The lowest BCUT2D eigenvalue weighted by Crippen LogP contribution is -2.08. The molecule has 0 radical (unpaired) electrons. The Kier molecular flexibility index (Phi) is 6.28. The summed E-state index contributed by atoms with van der Waals surface area (Å²) in [6, 6.07) is 13.9. The van der Waals surface area contributed by atoms with Crippen molar-refractivity contribution in [3.8, 4) is 17.2 Å². The number of hydrogen-bond donors (Lipinski definition) is 0. The predicted octanol–water partition coefficient (Wildman–Crippen LogP) is 4.03. The second-order valence-electron chi connectivity index (χ2n) is 5.90. The Morgan fingerprint density at radius 3 is 2.19 bits per heavy atom. The molecule has 1 fully saturated rings. The molecule has 0 bridgehead atoms. The normalized spacial score (nSPS) is 15.2. The van der Waals surface area contributed by atoms with E-state index >= 15 is 0 Å². The molecule has 0 saturated carbocycles. The quantitative estimate of drug-likeness (QED) is 0.212. The molecule has 1 unspecified atom stereocenters. The van der Waals surface area contributed by atoms with E-state index in [0.717, 1.165) is 30.9 Å². The maximum Gasteiger partial charge on any atom is 0.343 e. The van der Waals surface area contributed by atoms with E-state index in [1.54, 1.807) is 54.6 Å². The van der Waals surface area contributed by atoms with Crippen LogP contribution in [0.25, 0.3) is 0 Å². The van der Waals surface area contributed by atoms with Crippen LogP contribution >= 0.6 is 0 Å². The van der Waals surface area contributed by atoms with E-state index in [0.29, 0.717) is 30.6 Å². The van der Waals surface area contributed by atoms with Crippen LogP contribution in [0.5, 0.6) is 17.2 Å². The summed E-state index contributed by atoms with van der Waals surface area (Å²) in [5, 5.41) is 0. The third-order valence-electron chi connectivity index (χ3n) is 3.83. The van der Waals surface area contributed by atoms with Crippen LogP contribution in [-0.4, -0.2) is 31.9 Å². The number of rotatable bonds is 10. The molecular weight excluding hydrogens is 332 g/mol. The Labute approximate surface area is 153 Å². The Hall–Kier alpha value is -2.79. The summed E-state index contributed by atoms with van der Waals surface area (Å²) in [5.74, 6) is 1.51. The molecule has 3 rings (SSSR count). The van der Waals surface area contributed by atoms with E-state index in [1.165, 1.54) is 0 Å². The standard InChI is InChI=1S/C21H22O5/c1-2-3-13-23-18-8-10-19(11-9-18)26-21(22)16-4-6-17(7-5-16)24-14-12-20-15-25-20/h2,4-11,20H,1,3,12-15H2. The first-order valence-electron chi connectivity index (χ1n) is 8.65. The molecule has 5 heteroatoms. The van der Waals surface area contributed by atoms with Crippen LogP contribution in [0.2, 0.25) is 0 Å². The monoisotopic (exact) mass is 354 g/mol. The highest BCUT2D eigenvalue weighted by molar-refractivity contribution is 5.91.